The van der Waals surface area contributed by atoms with Crippen LogP contribution in [0.2, 0.25) is 0 Å². The van der Waals surface area contributed by atoms with Crippen molar-refractivity contribution in [2.75, 3.05) is 0 Å². The minimum absolute atomic E-state index is 0.0441. The SMILES string of the molecule is CC1(OC(=O)c2cc(C(=O)OC3(C)C4CC5CC(C4)CC3C5)cc(S(=O)(=O)O)c2)C2CC3CC(C2)CC1C3. The molecule has 7 nitrogen and oxygen atoms in total. The molecule has 0 aromatic heterocycles. The maximum atomic E-state index is 13.5. The van der Waals surface area contributed by atoms with Crippen LogP contribution in [0, 0.1) is 47.3 Å². The molecule has 206 valence electrons. The number of hydrogen-bond donors (Lipinski definition) is 1. The van der Waals surface area contributed by atoms with Crippen molar-refractivity contribution in [3.63, 3.8) is 0 Å². The Kier molecular flexibility index (Phi) is 5.47. The second-order valence-electron chi connectivity index (χ2n) is 14.0. The summed E-state index contributed by atoms with van der Waals surface area (Å²) in [5.41, 5.74) is -1.30. The van der Waals surface area contributed by atoms with E-state index in [1.807, 2.05) is 13.8 Å². The van der Waals surface area contributed by atoms with Crippen molar-refractivity contribution in [2.24, 2.45) is 47.3 Å². The van der Waals surface area contributed by atoms with Gasteiger partial charge in [-0.05, 0) is 144 Å². The third-order valence-corrected chi connectivity index (χ3v) is 12.7. The van der Waals surface area contributed by atoms with E-state index >= 15 is 0 Å². The first-order valence-electron chi connectivity index (χ1n) is 14.5. The molecule has 0 atom stereocenters. The summed E-state index contributed by atoms with van der Waals surface area (Å²) in [5.74, 6) is 2.73. The topological polar surface area (TPSA) is 107 Å². The summed E-state index contributed by atoms with van der Waals surface area (Å²) in [7, 11) is -4.66. The molecular formula is C30H38O7S. The molecule has 1 aromatic carbocycles. The van der Waals surface area contributed by atoms with Crippen LogP contribution in [0.3, 0.4) is 0 Å². The molecule has 38 heavy (non-hydrogen) atoms. The van der Waals surface area contributed by atoms with E-state index in [4.69, 9.17) is 9.47 Å². The van der Waals surface area contributed by atoms with Crippen LogP contribution in [-0.4, -0.2) is 36.1 Å². The average Bonchev–Trinajstić information content (AvgIpc) is 2.84. The first-order valence-corrected chi connectivity index (χ1v) is 15.9. The molecule has 0 radical (unpaired) electrons. The molecule has 8 aliphatic carbocycles. The van der Waals surface area contributed by atoms with Crippen LogP contribution in [-0.2, 0) is 19.6 Å². The first kappa shape index (κ1) is 25.1. The summed E-state index contributed by atoms with van der Waals surface area (Å²) in [5, 5.41) is 0. The van der Waals surface area contributed by atoms with Gasteiger partial charge in [-0.1, -0.05) is 0 Å². The van der Waals surface area contributed by atoms with Crippen molar-refractivity contribution < 1.29 is 32.0 Å². The van der Waals surface area contributed by atoms with Crippen LogP contribution in [0.25, 0.3) is 0 Å². The molecule has 0 aliphatic heterocycles. The minimum atomic E-state index is -4.66. The van der Waals surface area contributed by atoms with Crippen LogP contribution in [0.1, 0.15) is 98.8 Å². The Morgan fingerprint density at radius 3 is 1.26 bits per heavy atom. The molecule has 0 spiro atoms. The molecule has 0 saturated heterocycles. The van der Waals surface area contributed by atoms with Gasteiger partial charge in [0.05, 0.1) is 16.0 Å². The number of rotatable bonds is 5. The summed E-state index contributed by atoms with van der Waals surface area (Å²) in [6.07, 6.45) is 11.0. The fourth-order valence-corrected chi connectivity index (χ4v) is 10.6. The van der Waals surface area contributed by atoms with E-state index in [1.165, 1.54) is 18.9 Å². The van der Waals surface area contributed by atoms with E-state index in [0.717, 1.165) is 63.5 Å². The van der Waals surface area contributed by atoms with Gasteiger partial charge in [-0.15, -0.1) is 0 Å². The second kappa shape index (κ2) is 8.29. The highest BCUT2D eigenvalue weighted by molar-refractivity contribution is 7.85. The van der Waals surface area contributed by atoms with Crippen LogP contribution < -0.4 is 0 Å². The summed E-state index contributed by atoms with van der Waals surface area (Å²) in [6, 6.07) is 3.59. The molecule has 1 aromatic rings. The zero-order valence-electron chi connectivity index (χ0n) is 22.2. The average molecular weight is 543 g/mol. The van der Waals surface area contributed by atoms with Gasteiger partial charge in [-0.3, -0.25) is 4.55 Å². The summed E-state index contributed by atoms with van der Waals surface area (Å²) < 4.78 is 46.5. The normalized spacial score (nSPS) is 44.3. The fraction of sp³-hybridized carbons (Fsp3) is 0.733. The summed E-state index contributed by atoms with van der Waals surface area (Å²) in [4.78, 5) is 26.5. The van der Waals surface area contributed by atoms with Gasteiger partial charge in [0.1, 0.15) is 11.2 Å². The van der Waals surface area contributed by atoms with Crippen molar-refractivity contribution >= 4 is 22.1 Å². The standard InChI is InChI=1S/C30H38O7S/c1-29(22-5-16-3-17(7-22)8-23(29)6-16)36-27(31)20-13-21(15-26(14-20)38(33,34)35)28(32)37-30(2)24-9-18-4-19(11-24)12-25(30)10-18/h13-19,22-25H,3-12H2,1-2H3,(H,33,34,35). The lowest BCUT2D eigenvalue weighted by Gasteiger charge is -2.59. The number of esters is 2. The zero-order chi connectivity index (χ0) is 26.6. The highest BCUT2D eigenvalue weighted by Gasteiger charge is 2.58. The Morgan fingerprint density at radius 1 is 0.658 bits per heavy atom. The van der Waals surface area contributed by atoms with Gasteiger partial charge in [0.15, 0.2) is 0 Å². The molecule has 8 heteroatoms. The molecule has 0 amide bonds. The van der Waals surface area contributed by atoms with E-state index < -0.39 is 38.2 Å². The molecule has 0 unspecified atom stereocenters. The maximum Gasteiger partial charge on any atom is 0.338 e. The van der Waals surface area contributed by atoms with E-state index in [-0.39, 0.29) is 11.1 Å². The van der Waals surface area contributed by atoms with Gasteiger partial charge >= 0.3 is 11.9 Å². The van der Waals surface area contributed by atoms with Crippen molar-refractivity contribution in [1.29, 1.82) is 0 Å². The Balaban J connectivity index is 1.16. The van der Waals surface area contributed by atoms with Gasteiger partial charge in [-0.25, -0.2) is 9.59 Å². The van der Waals surface area contributed by atoms with Gasteiger partial charge < -0.3 is 9.47 Å². The number of carbonyl (C=O) groups excluding carboxylic acids is 2. The van der Waals surface area contributed by atoms with Crippen LogP contribution in [0.4, 0.5) is 0 Å². The highest BCUT2D eigenvalue weighted by Crippen LogP contribution is 2.60. The predicted molar refractivity (Wildman–Crippen MR) is 138 cm³/mol. The lowest BCUT2D eigenvalue weighted by molar-refractivity contribution is -0.165. The van der Waals surface area contributed by atoms with Gasteiger partial charge in [0.2, 0.25) is 0 Å². The quantitative estimate of drug-likeness (QED) is 0.377. The van der Waals surface area contributed by atoms with Gasteiger partial charge in [0.25, 0.3) is 10.1 Å². The number of hydrogen-bond acceptors (Lipinski definition) is 6. The summed E-state index contributed by atoms with van der Waals surface area (Å²) in [6.45, 7) is 4.04. The molecule has 8 fully saturated rings. The molecule has 0 heterocycles. The lowest BCUT2D eigenvalue weighted by atomic mass is 9.50. The third-order valence-electron chi connectivity index (χ3n) is 11.8. The molecular weight excluding hydrogens is 504 g/mol. The van der Waals surface area contributed by atoms with E-state index in [2.05, 4.69) is 0 Å². The Labute approximate surface area is 224 Å². The smallest absolute Gasteiger partial charge is 0.338 e. The maximum absolute atomic E-state index is 13.5. The number of ether oxygens (including phenoxy) is 2. The third kappa shape index (κ3) is 3.87. The molecule has 8 bridgehead atoms. The molecule has 9 rings (SSSR count). The largest absolute Gasteiger partial charge is 0.455 e. The van der Waals surface area contributed by atoms with Gasteiger partial charge in [-0.2, -0.15) is 8.42 Å². The number of benzene rings is 1. The van der Waals surface area contributed by atoms with Crippen molar-refractivity contribution in [3.05, 3.63) is 29.3 Å². The lowest BCUT2D eigenvalue weighted by Crippen LogP contribution is -2.58. The molecule has 8 saturated carbocycles. The Hall–Kier alpha value is -1.93. The van der Waals surface area contributed by atoms with E-state index in [0.29, 0.717) is 47.3 Å². The first-order chi connectivity index (χ1) is 17.9. The van der Waals surface area contributed by atoms with Gasteiger partial charge in [0, 0.05) is 0 Å². The Bertz CT molecular complexity index is 1160. The van der Waals surface area contributed by atoms with Crippen molar-refractivity contribution in [2.45, 2.75) is 94.2 Å². The van der Waals surface area contributed by atoms with Crippen molar-refractivity contribution in [3.8, 4) is 0 Å². The fourth-order valence-electron chi connectivity index (χ4n) is 10.1. The van der Waals surface area contributed by atoms with Crippen LogP contribution in [0.5, 0.6) is 0 Å². The Morgan fingerprint density at radius 2 is 0.974 bits per heavy atom. The summed E-state index contributed by atoms with van der Waals surface area (Å²) >= 11 is 0. The van der Waals surface area contributed by atoms with Crippen LogP contribution in [0.15, 0.2) is 23.1 Å². The molecule has 8 aliphatic rings. The van der Waals surface area contributed by atoms with E-state index in [1.54, 1.807) is 0 Å². The highest BCUT2D eigenvalue weighted by atomic mass is 32.2. The van der Waals surface area contributed by atoms with Crippen molar-refractivity contribution in [1.82, 2.24) is 0 Å². The molecule has 1 N–H and O–H groups in total. The zero-order valence-corrected chi connectivity index (χ0v) is 23.0. The predicted octanol–water partition coefficient (Wildman–Crippen LogP) is 5.68. The minimum Gasteiger partial charge on any atom is -0.455 e. The van der Waals surface area contributed by atoms with Crippen LogP contribution >= 0.6 is 0 Å². The number of carbonyl (C=O) groups is 2. The second-order valence-corrected chi connectivity index (χ2v) is 15.4. The monoisotopic (exact) mass is 542 g/mol. The van der Waals surface area contributed by atoms with E-state index in [9.17, 15) is 22.6 Å².